The van der Waals surface area contributed by atoms with E-state index in [1.54, 1.807) is 4.31 Å². The standard InChI is InChI=1S/C13H27N3O3S/c14-5-1-2-6-15-7-9-16(10-8-15)20(17,18)12-13-4-3-11-19-13/h13H,1-12,14H2. The molecule has 2 N–H and O–H groups in total. The molecule has 1 atom stereocenters. The Morgan fingerprint density at radius 2 is 1.90 bits per heavy atom. The first-order valence-electron chi connectivity index (χ1n) is 7.63. The van der Waals surface area contributed by atoms with Gasteiger partial charge in [-0.25, -0.2) is 8.42 Å². The fraction of sp³-hybridized carbons (Fsp3) is 1.00. The van der Waals surface area contributed by atoms with E-state index < -0.39 is 10.0 Å². The Balaban J connectivity index is 1.74. The molecular formula is C13H27N3O3S. The Bertz CT molecular complexity index is 374. The van der Waals surface area contributed by atoms with Crippen molar-refractivity contribution in [2.45, 2.75) is 31.8 Å². The molecule has 2 heterocycles. The number of unbranched alkanes of at least 4 members (excludes halogenated alkanes) is 1. The van der Waals surface area contributed by atoms with Crippen LogP contribution in [0.15, 0.2) is 0 Å². The van der Waals surface area contributed by atoms with Gasteiger partial charge in [0.25, 0.3) is 0 Å². The van der Waals surface area contributed by atoms with E-state index in [9.17, 15) is 8.42 Å². The predicted molar refractivity (Wildman–Crippen MR) is 79.1 cm³/mol. The number of nitrogens with zero attached hydrogens (tertiary/aromatic N) is 2. The highest BCUT2D eigenvalue weighted by Crippen LogP contribution is 2.17. The zero-order chi connectivity index (χ0) is 14.4. The first-order valence-corrected chi connectivity index (χ1v) is 9.24. The van der Waals surface area contributed by atoms with E-state index >= 15 is 0 Å². The van der Waals surface area contributed by atoms with Crippen LogP contribution in [0, 0.1) is 0 Å². The van der Waals surface area contributed by atoms with Gasteiger partial charge in [0.1, 0.15) is 0 Å². The second-order valence-corrected chi connectivity index (χ2v) is 7.66. The molecule has 118 valence electrons. The number of ether oxygens (including phenoxy) is 1. The van der Waals surface area contributed by atoms with Gasteiger partial charge in [-0.2, -0.15) is 4.31 Å². The highest BCUT2D eigenvalue weighted by atomic mass is 32.2. The first kappa shape index (κ1) is 16.2. The summed E-state index contributed by atoms with van der Waals surface area (Å²) < 4.78 is 31.7. The molecule has 0 amide bonds. The molecule has 0 radical (unpaired) electrons. The smallest absolute Gasteiger partial charge is 0.216 e. The lowest BCUT2D eigenvalue weighted by atomic mass is 10.2. The predicted octanol–water partition coefficient (Wildman–Crippen LogP) is -0.148. The molecule has 0 saturated carbocycles. The highest BCUT2D eigenvalue weighted by molar-refractivity contribution is 7.89. The molecule has 0 aromatic rings. The van der Waals surface area contributed by atoms with Crippen molar-refractivity contribution in [2.24, 2.45) is 5.73 Å². The largest absolute Gasteiger partial charge is 0.377 e. The zero-order valence-corrected chi connectivity index (χ0v) is 13.0. The molecule has 0 aliphatic carbocycles. The van der Waals surface area contributed by atoms with E-state index in [4.69, 9.17) is 10.5 Å². The van der Waals surface area contributed by atoms with Crippen molar-refractivity contribution in [2.75, 3.05) is 51.6 Å². The molecule has 20 heavy (non-hydrogen) atoms. The van der Waals surface area contributed by atoms with Crippen LogP contribution in [-0.4, -0.2) is 75.4 Å². The fourth-order valence-electron chi connectivity index (χ4n) is 2.83. The van der Waals surface area contributed by atoms with Crippen molar-refractivity contribution >= 4 is 10.0 Å². The van der Waals surface area contributed by atoms with E-state index in [-0.39, 0.29) is 11.9 Å². The summed E-state index contributed by atoms with van der Waals surface area (Å²) in [7, 11) is -3.15. The molecule has 2 rings (SSSR count). The zero-order valence-electron chi connectivity index (χ0n) is 12.2. The van der Waals surface area contributed by atoms with Gasteiger partial charge >= 0.3 is 0 Å². The molecule has 0 bridgehead atoms. The Morgan fingerprint density at radius 3 is 2.50 bits per heavy atom. The van der Waals surface area contributed by atoms with Crippen LogP contribution in [0.2, 0.25) is 0 Å². The third kappa shape index (κ3) is 4.66. The van der Waals surface area contributed by atoms with Crippen molar-refractivity contribution in [1.82, 2.24) is 9.21 Å². The van der Waals surface area contributed by atoms with Crippen LogP contribution in [-0.2, 0) is 14.8 Å². The van der Waals surface area contributed by atoms with Crippen molar-refractivity contribution in [1.29, 1.82) is 0 Å². The summed E-state index contributed by atoms with van der Waals surface area (Å²) >= 11 is 0. The van der Waals surface area contributed by atoms with E-state index in [0.29, 0.717) is 19.7 Å². The molecule has 2 saturated heterocycles. The van der Waals surface area contributed by atoms with E-state index in [0.717, 1.165) is 51.9 Å². The summed E-state index contributed by atoms with van der Waals surface area (Å²) in [6, 6.07) is 0. The lowest BCUT2D eigenvalue weighted by Crippen LogP contribution is -2.50. The van der Waals surface area contributed by atoms with Crippen LogP contribution in [0.1, 0.15) is 25.7 Å². The van der Waals surface area contributed by atoms with E-state index in [1.165, 1.54) is 0 Å². The number of piperazine rings is 1. The average Bonchev–Trinajstić information content (AvgIpc) is 2.92. The van der Waals surface area contributed by atoms with Gasteiger partial charge in [-0.05, 0) is 38.8 Å². The van der Waals surface area contributed by atoms with Crippen LogP contribution >= 0.6 is 0 Å². The summed E-state index contributed by atoms with van der Waals surface area (Å²) in [5, 5.41) is 0. The Labute approximate surface area is 122 Å². The maximum atomic E-state index is 12.3. The average molecular weight is 305 g/mol. The Hall–Kier alpha value is -0.210. The van der Waals surface area contributed by atoms with Crippen molar-refractivity contribution in [3.05, 3.63) is 0 Å². The molecule has 0 aromatic heterocycles. The van der Waals surface area contributed by atoms with Crippen LogP contribution in [0.3, 0.4) is 0 Å². The maximum absolute atomic E-state index is 12.3. The lowest BCUT2D eigenvalue weighted by Gasteiger charge is -2.34. The summed E-state index contributed by atoms with van der Waals surface area (Å²) in [4.78, 5) is 2.33. The molecule has 2 fully saturated rings. The molecule has 6 nitrogen and oxygen atoms in total. The minimum Gasteiger partial charge on any atom is -0.377 e. The van der Waals surface area contributed by atoms with Crippen molar-refractivity contribution in [3.8, 4) is 0 Å². The molecular weight excluding hydrogens is 278 g/mol. The van der Waals surface area contributed by atoms with Crippen LogP contribution in [0.5, 0.6) is 0 Å². The topological polar surface area (TPSA) is 75.9 Å². The number of hydrogen-bond donors (Lipinski definition) is 1. The Morgan fingerprint density at radius 1 is 1.15 bits per heavy atom. The molecule has 0 aromatic carbocycles. The number of hydrogen-bond acceptors (Lipinski definition) is 5. The quantitative estimate of drug-likeness (QED) is 0.662. The third-order valence-corrected chi connectivity index (χ3v) is 6.02. The first-order chi connectivity index (χ1) is 9.62. The van der Waals surface area contributed by atoms with Crippen LogP contribution in [0.25, 0.3) is 0 Å². The molecule has 1 unspecified atom stereocenters. The number of sulfonamides is 1. The normalized spacial score (nSPS) is 26.1. The van der Waals surface area contributed by atoms with Gasteiger partial charge in [0.2, 0.25) is 10.0 Å². The SMILES string of the molecule is NCCCCN1CCN(S(=O)(=O)CC2CCCO2)CC1. The monoisotopic (exact) mass is 305 g/mol. The van der Waals surface area contributed by atoms with Crippen LogP contribution < -0.4 is 5.73 Å². The summed E-state index contributed by atoms with van der Waals surface area (Å²) in [6.07, 6.45) is 3.90. The molecule has 7 heteroatoms. The molecule has 0 spiro atoms. The fourth-order valence-corrected chi connectivity index (χ4v) is 4.49. The minimum absolute atomic E-state index is 0.0948. The van der Waals surface area contributed by atoms with E-state index in [2.05, 4.69) is 4.90 Å². The summed E-state index contributed by atoms with van der Waals surface area (Å²) in [5.74, 6) is 0.153. The third-order valence-electron chi connectivity index (χ3n) is 4.07. The second-order valence-electron chi connectivity index (χ2n) is 5.65. The molecule has 2 aliphatic rings. The van der Waals surface area contributed by atoms with Crippen LogP contribution in [0.4, 0.5) is 0 Å². The van der Waals surface area contributed by atoms with Gasteiger partial charge < -0.3 is 15.4 Å². The van der Waals surface area contributed by atoms with Gasteiger partial charge in [-0.1, -0.05) is 0 Å². The highest BCUT2D eigenvalue weighted by Gasteiger charge is 2.30. The van der Waals surface area contributed by atoms with E-state index in [1.807, 2.05) is 0 Å². The minimum atomic E-state index is -3.15. The summed E-state index contributed by atoms with van der Waals surface area (Å²) in [5.41, 5.74) is 5.48. The van der Waals surface area contributed by atoms with Gasteiger partial charge in [-0.3, -0.25) is 0 Å². The van der Waals surface area contributed by atoms with Gasteiger partial charge in [-0.15, -0.1) is 0 Å². The second kappa shape index (κ2) is 7.70. The van der Waals surface area contributed by atoms with Crippen molar-refractivity contribution in [3.63, 3.8) is 0 Å². The Kier molecular flexibility index (Phi) is 6.22. The lowest BCUT2D eigenvalue weighted by molar-refractivity contribution is 0.125. The van der Waals surface area contributed by atoms with Crippen molar-refractivity contribution < 1.29 is 13.2 Å². The maximum Gasteiger partial charge on any atom is 0.216 e. The number of nitrogens with two attached hydrogens (primary N) is 1. The van der Waals surface area contributed by atoms with Gasteiger partial charge in [0.05, 0.1) is 11.9 Å². The number of rotatable bonds is 7. The summed E-state index contributed by atoms with van der Waals surface area (Å²) in [6.45, 7) is 5.33. The van der Waals surface area contributed by atoms with Gasteiger partial charge in [0, 0.05) is 32.8 Å². The van der Waals surface area contributed by atoms with Gasteiger partial charge in [0.15, 0.2) is 0 Å². The molecule has 2 aliphatic heterocycles.